The highest BCUT2D eigenvalue weighted by Gasteiger charge is 2.21. The van der Waals surface area contributed by atoms with Crippen molar-refractivity contribution in [2.75, 3.05) is 45.8 Å². The largest absolute Gasteiger partial charge is 0.508 e. The molecule has 1 fully saturated rings. The highest BCUT2D eigenvalue weighted by atomic mass is 16.3. The Morgan fingerprint density at radius 3 is 2.11 bits per heavy atom. The second-order valence-corrected chi connectivity index (χ2v) is 10.9. The van der Waals surface area contributed by atoms with E-state index >= 15 is 0 Å². The van der Waals surface area contributed by atoms with Gasteiger partial charge in [-0.1, -0.05) is 61.0 Å². The number of aliphatic hydroxyl groups is 1. The predicted octanol–water partition coefficient (Wildman–Crippen LogP) is 4.80. The summed E-state index contributed by atoms with van der Waals surface area (Å²) in [5, 5.41) is 21.2. The van der Waals surface area contributed by atoms with Gasteiger partial charge in [-0.2, -0.15) is 0 Å². The molecule has 1 heterocycles. The second kappa shape index (κ2) is 13.1. The molecule has 4 rings (SSSR count). The Morgan fingerprint density at radius 2 is 1.43 bits per heavy atom. The Hall–Kier alpha value is -2.80. The van der Waals surface area contributed by atoms with Gasteiger partial charge in [0.05, 0.1) is 5.70 Å². The van der Waals surface area contributed by atoms with E-state index in [1.165, 1.54) is 11.1 Å². The number of aliphatic hydroxyl groups excluding tert-OH is 1. The van der Waals surface area contributed by atoms with Crippen LogP contribution in [0.15, 0.2) is 71.6 Å². The van der Waals surface area contributed by atoms with Crippen molar-refractivity contribution in [1.29, 1.82) is 0 Å². The number of benzene rings is 2. The lowest BCUT2D eigenvalue weighted by Crippen LogP contribution is -2.37. The average Bonchev–Trinajstić information content (AvgIpc) is 2.91. The number of aryl methyl sites for hydroxylation is 1. The molecule has 0 amide bonds. The van der Waals surface area contributed by atoms with Crippen molar-refractivity contribution < 1.29 is 10.2 Å². The molecular weight excluding hydrogens is 460 g/mol. The monoisotopic (exact) mass is 504 g/mol. The molecule has 6 nitrogen and oxygen atoms in total. The molecule has 0 spiro atoms. The molecule has 0 saturated carbocycles. The summed E-state index contributed by atoms with van der Waals surface area (Å²) in [6.45, 7) is 12.5. The highest BCUT2D eigenvalue weighted by molar-refractivity contribution is 5.36. The number of hydrogen-bond acceptors (Lipinski definition) is 6. The maximum atomic E-state index is 10.7. The van der Waals surface area contributed by atoms with Crippen LogP contribution in [0.5, 0.6) is 5.75 Å². The number of rotatable bonds is 6. The summed E-state index contributed by atoms with van der Waals surface area (Å²) >= 11 is 0. The van der Waals surface area contributed by atoms with E-state index in [4.69, 9.17) is 5.73 Å². The molecule has 1 unspecified atom stereocenters. The molecule has 1 aliphatic carbocycles. The number of phenolic OH excluding ortho intramolecular Hbond substituents is 1. The number of hydrogen-bond donors (Lipinski definition) is 3. The Labute approximate surface area is 222 Å². The molecule has 4 N–H and O–H groups in total. The summed E-state index contributed by atoms with van der Waals surface area (Å²) in [5.41, 5.74) is 11.2. The number of allylic oxidation sites excluding steroid dienone is 2. The van der Waals surface area contributed by atoms with E-state index in [0.717, 1.165) is 82.8 Å². The van der Waals surface area contributed by atoms with E-state index in [1.54, 1.807) is 6.07 Å². The molecule has 2 aromatic rings. The highest BCUT2D eigenvalue weighted by Crippen LogP contribution is 2.26. The third-order valence-electron chi connectivity index (χ3n) is 7.54. The standard InChI is InChI=1S/C31H44N4O2/c1-24-10-11-30(36)27(18-24)22-34-14-6-12-33(21-26-8-4-3-5-9-26)13-7-15-35(17-16-34)23-28-19-25(2)20-29(32)31(28)37/h3-5,8-11,18-19,25,36-37H,6-7,12-17,20-23,32H2,1-2H3. The summed E-state index contributed by atoms with van der Waals surface area (Å²) in [5.74, 6) is 0.992. The zero-order valence-corrected chi connectivity index (χ0v) is 22.6. The fraction of sp³-hybridized carbons (Fsp3) is 0.484. The van der Waals surface area contributed by atoms with Gasteiger partial charge in [-0.3, -0.25) is 14.7 Å². The van der Waals surface area contributed by atoms with Crippen LogP contribution in [0.1, 0.15) is 42.9 Å². The molecule has 2 aliphatic rings. The van der Waals surface area contributed by atoms with E-state index in [1.807, 2.05) is 6.07 Å². The van der Waals surface area contributed by atoms with E-state index < -0.39 is 0 Å². The number of nitrogens with zero attached hydrogens (tertiary/aromatic N) is 3. The quantitative estimate of drug-likeness (QED) is 0.525. The van der Waals surface area contributed by atoms with Crippen molar-refractivity contribution in [1.82, 2.24) is 14.7 Å². The third-order valence-corrected chi connectivity index (χ3v) is 7.54. The van der Waals surface area contributed by atoms with Crippen molar-refractivity contribution in [2.24, 2.45) is 11.7 Å². The molecule has 0 radical (unpaired) electrons. The SMILES string of the molecule is Cc1ccc(O)c(CN2CCCN(Cc3ccccc3)CCCN(CC3=CC(C)CC(N)=C3O)CC2)c1. The Balaban J connectivity index is 1.50. The lowest BCUT2D eigenvalue weighted by molar-refractivity contribution is 0.203. The minimum atomic E-state index is 0.277. The summed E-state index contributed by atoms with van der Waals surface area (Å²) in [6.07, 6.45) is 5.06. The zero-order chi connectivity index (χ0) is 26.2. The molecule has 2 aromatic carbocycles. The van der Waals surface area contributed by atoms with Crippen molar-refractivity contribution in [3.8, 4) is 5.75 Å². The Morgan fingerprint density at radius 1 is 0.811 bits per heavy atom. The smallest absolute Gasteiger partial charge is 0.138 e. The lowest BCUT2D eigenvalue weighted by Gasteiger charge is -2.29. The first-order chi connectivity index (χ1) is 17.9. The molecule has 6 heteroatoms. The van der Waals surface area contributed by atoms with Crippen molar-refractivity contribution in [3.05, 3.63) is 88.3 Å². The van der Waals surface area contributed by atoms with Crippen LogP contribution in [-0.4, -0.2) is 70.7 Å². The van der Waals surface area contributed by atoms with E-state index in [-0.39, 0.29) is 5.76 Å². The van der Waals surface area contributed by atoms with Crippen LogP contribution in [0.3, 0.4) is 0 Å². The first-order valence-electron chi connectivity index (χ1n) is 13.8. The maximum absolute atomic E-state index is 10.7. The van der Waals surface area contributed by atoms with Crippen LogP contribution in [0, 0.1) is 12.8 Å². The van der Waals surface area contributed by atoms with Crippen LogP contribution < -0.4 is 5.73 Å². The molecule has 37 heavy (non-hydrogen) atoms. The van der Waals surface area contributed by atoms with E-state index in [0.29, 0.717) is 23.9 Å². The minimum Gasteiger partial charge on any atom is -0.508 e. The second-order valence-electron chi connectivity index (χ2n) is 10.9. The van der Waals surface area contributed by atoms with Crippen LogP contribution in [-0.2, 0) is 13.1 Å². The van der Waals surface area contributed by atoms with Crippen LogP contribution in [0.2, 0.25) is 0 Å². The Kier molecular flexibility index (Phi) is 9.67. The number of phenols is 1. The summed E-state index contributed by atoms with van der Waals surface area (Å²) < 4.78 is 0. The summed E-state index contributed by atoms with van der Waals surface area (Å²) in [7, 11) is 0. The van der Waals surface area contributed by atoms with Gasteiger partial charge in [0.1, 0.15) is 11.5 Å². The van der Waals surface area contributed by atoms with Gasteiger partial charge in [0.15, 0.2) is 0 Å². The summed E-state index contributed by atoms with van der Waals surface area (Å²) in [6, 6.07) is 16.6. The summed E-state index contributed by atoms with van der Waals surface area (Å²) in [4.78, 5) is 7.50. The molecule has 0 bridgehead atoms. The lowest BCUT2D eigenvalue weighted by atomic mass is 9.93. The van der Waals surface area contributed by atoms with Gasteiger partial charge >= 0.3 is 0 Å². The van der Waals surface area contributed by atoms with Gasteiger partial charge in [-0.25, -0.2) is 0 Å². The first kappa shape index (κ1) is 27.2. The molecule has 1 atom stereocenters. The first-order valence-corrected chi connectivity index (χ1v) is 13.8. The number of aromatic hydroxyl groups is 1. The number of nitrogens with two attached hydrogens (primary N) is 1. The fourth-order valence-electron chi connectivity index (χ4n) is 5.55. The van der Waals surface area contributed by atoms with Gasteiger partial charge in [0, 0.05) is 43.9 Å². The molecule has 1 aliphatic heterocycles. The van der Waals surface area contributed by atoms with E-state index in [9.17, 15) is 10.2 Å². The molecule has 200 valence electrons. The van der Waals surface area contributed by atoms with Gasteiger partial charge in [0.25, 0.3) is 0 Å². The topological polar surface area (TPSA) is 76.2 Å². The Bertz CT molecular complexity index is 1080. The van der Waals surface area contributed by atoms with Crippen LogP contribution in [0.25, 0.3) is 0 Å². The van der Waals surface area contributed by atoms with Crippen molar-refractivity contribution in [3.63, 3.8) is 0 Å². The van der Waals surface area contributed by atoms with Gasteiger partial charge in [-0.05, 0) is 69.9 Å². The fourth-order valence-corrected chi connectivity index (χ4v) is 5.55. The maximum Gasteiger partial charge on any atom is 0.138 e. The molecule has 0 aromatic heterocycles. The van der Waals surface area contributed by atoms with Crippen LogP contribution >= 0.6 is 0 Å². The predicted molar refractivity (Wildman–Crippen MR) is 151 cm³/mol. The van der Waals surface area contributed by atoms with Gasteiger partial charge in [-0.15, -0.1) is 0 Å². The van der Waals surface area contributed by atoms with Crippen molar-refractivity contribution >= 4 is 0 Å². The van der Waals surface area contributed by atoms with Crippen molar-refractivity contribution in [2.45, 2.75) is 46.2 Å². The average molecular weight is 505 g/mol. The van der Waals surface area contributed by atoms with E-state index in [2.05, 4.69) is 71.0 Å². The van der Waals surface area contributed by atoms with Gasteiger partial charge in [0.2, 0.25) is 0 Å². The molecule has 1 saturated heterocycles. The molecular formula is C31H44N4O2. The third kappa shape index (κ3) is 8.09. The zero-order valence-electron chi connectivity index (χ0n) is 22.6. The van der Waals surface area contributed by atoms with Crippen LogP contribution in [0.4, 0.5) is 0 Å². The minimum absolute atomic E-state index is 0.277. The van der Waals surface area contributed by atoms with Gasteiger partial charge < -0.3 is 15.9 Å². The normalized spacial score (nSPS) is 21.5.